The van der Waals surface area contributed by atoms with Crippen molar-refractivity contribution in [3.8, 4) is 0 Å². The lowest BCUT2D eigenvalue weighted by Gasteiger charge is -2.25. The van der Waals surface area contributed by atoms with Gasteiger partial charge in [-0.3, -0.25) is 0 Å². The maximum Gasteiger partial charge on any atom is 0.125 e. The molecule has 1 aromatic rings. The van der Waals surface area contributed by atoms with Gasteiger partial charge in [0.2, 0.25) is 0 Å². The molecule has 0 N–H and O–H groups in total. The third-order valence-corrected chi connectivity index (χ3v) is 3.71. The van der Waals surface area contributed by atoms with Gasteiger partial charge >= 0.3 is 0 Å². The number of anilines is 1. The summed E-state index contributed by atoms with van der Waals surface area (Å²) in [7, 11) is 2.17. The monoisotopic (exact) mass is 220 g/mol. The number of benzene rings is 1. The predicted octanol–water partition coefficient (Wildman–Crippen LogP) is 1.89. The first-order valence-electron chi connectivity index (χ1n) is 5.97. The molecular weight excluding hydrogens is 203 g/mol. The largest absolute Gasteiger partial charge is 0.367 e. The summed E-state index contributed by atoms with van der Waals surface area (Å²) >= 11 is 0. The highest BCUT2D eigenvalue weighted by Crippen LogP contribution is 2.34. The van der Waals surface area contributed by atoms with Crippen LogP contribution in [0.2, 0.25) is 0 Å². The second-order valence-electron chi connectivity index (χ2n) is 4.94. The first-order valence-corrected chi connectivity index (χ1v) is 5.97. The van der Waals surface area contributed by atoms with E-state index in [0.29, 0.717) is 6.04 Å². The van der Waals surface area contributed by atoms with Gasteiger partial charge in [-0.1, -0.05) is 6.07 Å². The fourth-order valence-electron chi connectivity index (χ4n) is 2.97. The minimum atomic E-state index is -0.114. The van der Waals surface area contributed by atoms with Gasteiger partial charge in [0.1, 0.15) is 5.82 Å². The Balaban J connectivity index is 1.95. The maximum atomic E-state index is 13.3. The molecule has 1 aromatic carbocycles. The smallest absolute Gasteiger partial charge is 0.125 e. The van der Waals surface area contributed by atoms with Gasteiger partial charge in [-0.15, -0.1) is 0 Å². The number of rotatable bonds is 0. The van der Waals surface area contributed by atoms with Crippen LogP contribution in [0.25, 0.3) is 0 Å². The Morgan fingerprint density at radius 3 is 3.06 bits per heavy atom. The zero-order valence-electron chi connectivity index (χ0n) is 9.62. The van der Waals surface area contributed by atoms with Gasteiger partial charge in [0.15, 0.2) is 0 Å². The van der Waals surface area contributed by atoms with Gasteiger partial charge in [0.25, 0.3) is 0 Å². The van der Waals surface area contributed by atoms with Crippen molar-refractivity contribution < 1.29 is 4.39 Å². The molecule has 3 heteroatoms. The Labute approximate surface area is 95.7 Å². The molecule has 1 unspecified atom stereocenters. The van der Waals surface area contributed by atoms with E-state index in [4.69, 9.17) is 0 Å². The summed E-state index contributed by atoms with van der Waals surface area (Å²) < 4.78 is 13.3. The second kappa shape index (κ2) is 3.74. The summed E-state index contributed by atoms with van der Waals surface area (Å²) in [5.41, 5.74) is 2.43. The molecule has 1 fully saturated rings. The highest BCUT2D eigenvalue weighted by Gasteiger charge is 2.31. The molecule has 2 heterocycles. The van der Waals surface area contributed by atoms with Crippen molar-refractivity contribution in [2.24, 2.45) is 0 Å². The average Bonchev–Trinajstić information content (AvgIpc) is 2.46. The molecule has 2 nitrogen and oxygen atoms in total. The minimum absolute atomic E-state index is 0.114. The van der Waals surface area contributed by atoms with Crippen LogP contribution in [0.4, 0.5) is 10.1 Å². The zero-order valence-corrected chi connectivity index (χ0v) is 9.62. The minimum Gasteiger partial charge on any atom is -0.367 e. The van der Waals surface area contributed by atoms with Crippen LogP contribution in [0.15, 0.2) is 18.2 Å². The van der Waals surface area contributed by atoms with Crippen molar-refractivity contribution in [3.63, 3.8) is 0 Å². The summed E-state index contributed by atoms with van der Waals surface area (Å²) in [6, 6.07) is 5.76. The van der Waals surface area contributed by atoms with E-state index in [1.807, 2.05) is 6.07 Å². The molecule has 2 aliphatic rings. The van der Waals surface area contributed by atoms with E-state index in [0.717, 1.165) is 31.7 Å². The van der Waals surface area contributed by atoms with E-state index in [-0.39, 0.29) is 5.82 Å². The Morgan fingerprint density at radius 1 is 1.31 bits per heavy atom. The fraction of sp³-hybridized carbons (Fsp3) is 0.538. The van der Waals surface area contributed by atoms with Crippen molar-refractivity contribution >= 4 is 5.69 Å². The molecule has 0 bridgehead atoms. The first-order chi connectivity index (χ1) is 7.74. The Bertz CT molecular complexity index is 405. The third-order valence-electron chi connectivity index (χ3n) is 3.71. The van der Waals surface area contributed by atoms with Gasteiger partial charge in [0, 0.05) is 24.8 Å². The van der Waals surface area contributed by atoms with Gasteiger partial charge in [-0.25, -0.2) is 4.39 Å². The normalized spacial score (nSPS) is 25.1. The van der Waals surface area contributed by atoms with Crippen molar-refractivity contribution in [1.29, 1.82) is 0 Å². The molecule has 86 valence electrons. The van der Waals surface area contributed by atoms with Crippen LogP contribution in [0, 0.1) is 5.82 Å². The molecule has 0 amide bonds. The average molecular weight is 220 g/mol. The van der Waals surface area contributed by atoms with E-state index in [1.54, 1.807) is 12.1 Å². The highest BCUT2D eigenvalue weighted by atomic mass is 19.1. The van der Waals surface area contributed by atoms with Crippen LogP contribution in [0.1, 0.15) is 12.0 Å². The quantitative estimate of drug-likeness (QED) is 0.659. The van der Waals surface area contributed by atoms with Crippen molar-refractivity contribution in [1.82, 2.24) is 4.90 Å². The number of nitrogens with zero attached hydrogens (tertiary/aromatic N) is 2. The number of halogens is 1. The molecule has 1 saturated heterocycles. The molecule has 16 heavy (non-hydrogen) atoms. The summed E-state index contributed by atoms with van der Waals surface area (Å²) in [6.45, 7) is 3.30. The zero-order chi connectivity index (χ0) is 11.1. The van der Waals surface area contributed by atoms with E-state index in [1.165, 1.54) is 12.0 Å². The molecule has 2 aliphatic heterocycles. The Kier molecular flexibility index (Phi) is 2.36. The van der Waals surface area contributed by atoms with E-state index >= 15 is 0 Å². The van der Waals surface area contributed by atoms with Gasteiger partial charge in [-0.05, 0) is 44.1 Å². The van der Waals surface area contributed by atoms with Crippen LogP contribution in [-0.4, -0.2) is 37.6 Å². The molecular formula is C13H17FN2. The van der Waals surface area contributed by atoms with Crippen LogP contribution in [-0.2, 0) is 6.42 Å². The molecule has 3 rings (SSSR count). The summed E-state index contributed by atoms with van der Waals surface area (Å²) in [5, 5.41) is 0. The summed E-state index contributed by atoms with van der Waals surface area (Å²) in [6.07, 6.45) is 2.24. The molecule has 1 atom stereocenters. The first kappa shape index (κ1) is 10.1. The van der Waals surface area contributed by atoms with Crippen LogP contribution in [0.3, 0.4) is 0 Å². The lowest BCUT2D eigenvalue weighted by molar-refractivity contribution is 0.333. The van der Waals surface area contributed by atoms with E-state index < -0.39 is 0 Å². The SMILES string of the molecule is CN1CCCN2c3cc(F)ccc3CC2C1. The third kappa shape index (κ3) is 1.59. The van der Waals surface area contributed by atoms with Crippen molar-refractivity contribution in [2.45, 2.75) is 18.9 Å². The molecule has 0 spiro atoms. The lowest BCUT2D eigenvalue weighted by atomic mass is 10.1. The van der Waals surface area contributed by atoms with Crippen LogP contribution in [0.5, 0.6) is 0 Å². The second-order valence-corrected chi connectivity index (χ2v) is 4.94. The fourth-order valence-corrected chi connectivity index (χ4v) is 2.97. The Morgan fingerprint density at radius 2 is 2.19 bits per heavy atom. The Hall–Kier alpha value is -1.09. The van der Waals surface area contributed by atoms with E-state index in [9.17, 15) is 4.39 Å². The predicted molar refractivity (Wildman–Crippen MR) is 63.4 cm³/mol. The van der Waals surface area contributed by atoms with Crippen molar-refractivity contribution in [3.05, 3.63) is 29.6 Å². The summed E-state index contributed by atoms with van der Waals surface area (Å²) in [5.74, 6) is -0.114. The van der Waals surface area contributed by atoms with Crippen LogP contribution < -0.4 is 4.90 Å². The van der Waals surface area contributed by atoms with Crippen LogP contribution >= 0.6 is 0 Å². The molecule has 0 radical (unpaired) electrons. The summed E-state index contributed by atoms with van der Waals surface area (Å²) in [4.78, 5) is 4.77. The number of hydrogen-bond acceptors (Lipinski definition) is 2. The lowest BCUT2D eigenvalue weighted by Crippen LogP contribution is -2.37. The van der Waals surface area contributed by atoms with Gasteiger partial charge in [0.05, 0.1) is 0 Å². The van der Waals surface area contributed by atoms with Gasteiger partial charge < -0.3 is 9.80 Å². The molecule has 0 aromatic heterocycles. The number of hydrogen-bond donors (Lipinski definition) is 0. The molecule has 0 aliphatic carbocycles. The highest BCUT2D eigenvalue weighted by molar-refractivity contribution is 5.59. The van der Waals surface area contributed by atoms with Crippen molar-refractivity contribution in [2.75, 3.05) is 31.6 Å². The number of fused-ring (bicyclic) bond motifs is 3. The van der Waals surface area contributed by atoms with Gasteiger partial charge in [-0.2, -0.15) is 0 Å². The maximum absolute atomic E-state index is 13.3. The van der Waals surface area contributed by atoms with E-state index in [2.05, 4.69) is 16.8 Å². The standard InChI is InChI=1S/C13H17FN2/c1-15-5-2-6-16-12(9-15)7-10-3-4-11(14)8-13(10)16/h3-4,8,12H,2,5-7,9H2,1H3. The number of likely N-dealkylation sites (N-methyl/N-ethyl adjacent to an activating group) is 1. The molecule has 0 saturated carbocycles. The topological polar surface area (TPSA) is 6.48 Å².